The molecule has 1 aromatic carbocycles. The average Bonchev–Trinajstić information content (AvgIpc) is 2.97. The summed E-state index contributed by atoms with van der Waals surface area (Å²) in [6, 6.07) is 8.53. The molecule has 0 aliphatic carbocycles. The molecule has 2 aromatic rings. The van der Waals surface area contributed by atoms with Gasteiger partial charge in [-0.2, -0.15) is 0 Å². The van der Waals surface area contributed by atoms with E-state index in [1.807, 2.05) is 7.05 Å². The molecule has 2 N–H and O–H groups in total. The minimum atomic E-state index is 0. The lowest BCUT2D eigenvalue weighted by Crippen LogP contribution is -2.38. The molecule has 0 unspecified atom stereocenters. The van der Waals surface area contributed by atoms with E-state index in [-0.39, 0.29) is 24.0 Å². The summed E-state index contributed by atoms with van der Waals surface area (Å²) in [5, 5.41) is 7.97. The minimum absolute atomic E-state index is 0. The lowest BCUT2D eigenvalue weighted by molar-refractivity contribution is 0.785. The van der Waals surface area contributed by atoms with E-state index in [0.717, 1.165) is 38.3 Å². The standard InChI is InChI=1S/C19H28N4S.HI/c1-5-15-9-7-8-10-16(15)13-22-19(20-4)21-12-11-18-23-17(6-2)14(3)24-18;/h7-10H,5-6,11-13H2,1-4H3,(H2,20,21,22);1H. The number of rotatable bonds is 7. The molecular formula is C19H29IN4S. The van der Waals surface area contributed by atoms with Gasteiger partial charge in [0.15, 0.2) is 5.96 Å². The van der Waals surface area contributed by atoms with Crippen molar-refractivity contribution in [3.8, 4) is 0 Å². The topological polar surface area (TPSA) is 49.3 Å². The molecule has 0 bridgehead atoms. The summed E-state index contributed by atoms with van der Waals surface area (Å²) in [6.07, 6.45) is 2.99. The highest BCUT2D eigenvalue weighted by molar-refractivity contribution is 14.0. The van der Waals surface area contributed by atoms with Gasteiger partial charge in [0.2, 0.25) is 0 Å². The number of nitrogens with zero attached hydrogens (tertiary/aromatic N) is 2. The maximum absolute atomic E-state index is 4.69. The fourth-order valence-corrected chi connectivity index (χ4v) is 3.71. The fourth-order valence-electron chi connectivity index (χ4n) is 2.68. The molecule has 6 heteroatoms. The number of aromatic nitrogens is 1. The van der Waals surface area contributed by atoms with Crippen LogP contribution in [0.25, 0.3) is 0 Å². The number of thiazole rings is 1. The number of aliphatic imine (C=N–C) groups is 1. The van der Waals surface area contributed by atoms with Crippen LogP contribution in [-0.4, -0.2) is 24.5 Å². The Bertz CT molecular complexity index is 682. The summed E-state index contributed by atoms with van der Waals surface area (Å²) in [6.45, 7) is 8.13. The Morgan fingerprint density at radius 2 is 1.84 bits per heavy atom. The maximum Gasteiger partial charge on any atom is 0.191 e. The van der Waals surface area contributed by atoms with Crippen molar-refractivity contribution in [2.75, 3.05) is 13.6 Å². The zero-order valence-corrected chi connectivity index (χ0v) is 18.7. The largest absolute Gasteiger partial charge is 0.356 e. The molecule has 138 valence electrons. The lowest BCUT2D eigenvalue weighted by atomic mass is 10.1. The van der Waals surface area contributed by atoms with Crippen LogP contribution >= 0.6 is 35.3 Å². The normalized spacial score (nSPS) is 11.1. The van der Waals surface area contributed by atoms with E-state index in [4.69, 9.17) is 0 Å². The molecular weight excluding hydrogens is 443 g/mol. The van der Waals surface area contributed by atoms with Crippen LogP contribution < -0.4 is 10.6 Å². The van der Waals surface area contributed by atoms with E-state index in [9.17, 15) is 0 Å². The third kappa shape index (κ3) is 6.58. The first-order chi connectivity index (χ1) is 11.7. The number of aryl methyl sites for hydroxylation is 3. The molecule has 0 spiro atoms. The predicted molar refractivity (Wildman–Crippen MR) is 119 cm³/mol. The van der Waals surface area contributed by atoms with Gasteiger partial charge in [-0.05, 0) is 30.9 Å². The number of guanidine groups is 1. The minimum Gasteiger partial charge on any atom is -0.356 e. The van der Waals surface area contributed by atoms with E-state index in [1.165, 1.54) is 26.7 Å². The number of hydrogen-bond acceptors (Lipinski definition) is 3. The van der Waals surface area contributed by atoms with Crippen molar-refractivity contribution in [2.45, 2.75) is 46.6 Å². The molecule has 0 fully saturated rings. The molecule has 0 saturated carbocycles. The highest BCUT2D eigenvalue weighted by atomic mass is 127. The van der Waals surface area contributed by atoms with E-state index < -0.39 is 0 Å². The molecule has 1 heterocycles. The van der Waals surface area contributed by atoms with Crippen LogP contribution in [0.4, 0.5) is 0 Å². The average molecular weight is 472 g/mol. The zero-order chi connectivity index (χ0) is 17.4. The summed E-state index contributed by atoms with van der Waals surface area (Å²) >= 11 is 1.80. The van der Waals surface area contributed by atoms with Crippen molar-refractivity contribution in [3.05, 3.63) is 51.0 Å². The molecule has 0 aliphatic heterocycles. The van der Waals surface area contributed by atoms with Crippen molar-refractivity contribution in [1.29, 1.82) is 0 Å². The van der Waals surface area contributed by atoms with E-state index in [2.05, 4.69) is 65.6 Å². The highest BCUT2D eigenvalue weighted by Gasteiger charge is 2.06. The third-order valence-corrected chi connectivity index (χ3v) is 5.15. The molecule has 0 amide bonds. The molecule has 4 nitrogen and oxygen atoms in total. The molecule has 2 rings (SSSR count). The van der Waals surface area contributed by atoms with Gasteiger partial charge < -0.3 is 10.6 Å². The van der Waals surface area contributed by atoms with Gasteiger partial charge >= 0.3 is 0 Å². The zero-order valence-electron chi connectivity index (χ0n) is 15.6. The van der Waals surface area contributed by atoms with E-state index >= 15 is 0 Å². The Hall–Kier alpha value is -1.15. The van der Waals surface area contributed by atoms with Crippen molar-refractivity contribution < 1.29 is 0 Å². The second-order valence-corrected chi connectivity index (χ2v) is 6.98. The van der Waals surface area contributed by atoms with Gasteiger partial charge in [-0.3, -0.25) is 4.99 Å². The van der Waals surface area contributed by atoms with Crippen LogP contribution in [0.1, 0.15) is 40.6 Å². The van der Waals surface area contributed by atoms with Crippen LogP contribution in [0.5, 0.6) is 0 Å². The van der Waals surface area contributed by atoms with Crippen LogP contribution in [0, 0.1) is 6.92 Å². The first-order valence-electron chi connectivity index (χ1n) is 8.64. The van der Waals surface area contributed by atoms with Gasteiger partial charge in [0.1, 0.15) is 0 Å². The van der Waals surface area contributed by atoms with E-state index in [0.29, 0.717) is 0 Å². The van der Waals surface area contributed by atoms with Crippen molar-refractivity contribution >= 4 is 41.3 Å². The Kier molecular flexibility index (Phi) is 10.0. The number of hydrogen-bond donors (Lipinski definition) is 2. The second kappa shape index (κ2) is 11.5. The summed E-state index contributed by atoms with van der Waals surface area (Å²) in [4.78, 5) is 10.3. The number of benzene rings is 1. The Morgan fingerprint density at radius 3 is 2.44 bits per heavy atom. The quantitative estimate of drug-likeness (QED) is 0.363. The summed E-state index contributed by atoms with van der Waals surface area (Å²) in [7, 11) is 1.81. The fraction of sp³-hybridized carbons (Fsp3) is 0.474. The van der Waals surface area contributed by atoms with Gasteiger partial charge in [0.25, 0.3) is 0 Å². The summed E-state index contributed by atoms with van der Waals surface area (Å²) in [5.41, 5.74) is 3.94. The smallest absolute Gasteiger partial charge is 0.191 e. The lowest BCUT2D eigenvalue weighted by Gasteiger charge is -2.13. The molecule has 0 aliphatic rings. The second-order valence-electron chi connectivity index (χ2n) is 5.69. The van der Waals surface area contributed by atoms with Crippen LogP contribution in [-0.2, 0) is 25.8 Å². The first kappa shape index (κ1) is 21.9. The third-order valence-electron chi connectivity index (χ3n) is 4.07. The van der Waals surface area contributed by atoms with Crippen LogP contribution in [0.2, 0.25) is 0 Å². The van der Waals surface area contributed by atoms with Crippen LogP contribution in [0.15, 0.2) is 29.3 Å². The van der Waals surface area contributed by atoms with Gasteiger partial charge in [-0.25, -0.2) is 4.98 Å². The number of halogens is 1. The monoisotopic (exact) mass is 472 g/mol. The first-order valence-corrected chi connectivity index (χ1v) is 9.46. The van der Waals surface area contributed by atoms with Crippen LogP contribution in [0.3, 0.4) is 0 Å². The number of nitrogens with one attached hydrogen (secondary N) is 2. The Morgan fingerprint density at radius 1 is 1.12 bits per heavy atom. The molecule has 0 saturated heterocycles. The predicted octanol–water partition coefficient (Wildman–Crippen LogP) is 4.10. The Labute approximate surface area is 172 Å². The summed E-state index contributed by atoms with van der Waals surface area (Å²) < 4.78 is 0. The van der Waals surface area contributed by atoms with Gasteiger partial charge in [0, 0.05) is 31.4 Å². The van der Waals surface area contributed by atoms with E-state index in [1.54, 1.807) is 11.3 Å². The van der Waals surface area contributed by atoms with Gasteiger partial charge in [-0.15, -0.1) is 35.3 Å². The van der Waals surface area contributed by atoms with Crippen molar-refractivity contribution in [2.24, 2.45) is 4.99 Å². The Balaban J connectivity index is 0.00000312. The molecule has 0 radical (unpaired) electrons. The van der Waals surface area contributed by atoms with Crippen molar-refractivity contribution in [3.63, 3.8) is 0 Å². The van der Waals surface area contributed by atoms with Gasteiger partial charge in [0.05, 0.1) is 10.7 Å². The van der Waals surface area contributed by atoms with Gasteiger partial charge in [-0.1, -0.05) is 38.1 Å². The molecule has 25 heavy (non-hydrogen) atoms. The SMILES string of the molecule is CCc1ccccc1CNC(=NC)NCCc1nc(CC)c(C)s1.I. The van der Waals surface area contributed by atoms with Crippen molar-refractivity contribution in [1.82, 2.24) is 15.6 Å². The molecule has 1 aromatic heterocycles. The highest BCUT2D eigenvalue weighted by Crippen LogP contribution is 2.17. The maximum atomic E-state index is 4.69. The molecule has 0 atom stereocenters. The summed E-state index contributed by atoms with van der Waals surface area (Å²) in [5.74, 6) is 0.838.